The van der Waals surface area contributed by atoms with Crippen LogP contribution in [0.4, 0.5) is 0 Å². The van der Waals surface area contributed by atoms with Crippen LogP contribution in [0.5, 0.6) is 0 Å². The van der Waals surface area contributed by atoms with Gasteiger partial charge in [-0.1, -0.05) is 82.6 Å². The number of allylic oxidation sites excluding steroid dienone is 2. The van der Waals surface area contributed by atoms with E-state index < -0.39 is 0 Å². The smallest absolute Gasteiger partial charge is 0.00369 e. The summed E-state index contributed by atoms with van der Waals surface area (Å²) in [7, 11) is 0. The molecule has 0 saturated carbocycles. The van der Waals surface area contributed by atoms with Gasteiger partial charge in [0.05, 0.1) is 0 Å². The summed E-state index contributed by atoms with van der Waals surface area (Å²) in [6.07, 6.45) is 21.2. The van der Waals surface area contributed by atoms with E-state index in [-0.39, 0.29) is 0 Å². The Balaban J connectivity index is 2.89. The summed E-state index contributed by atoms with van der Waals surface area (Å²) < 4.78 is 0. The summed E-state index contributed by atoms with van der Waals surface area (Å²) in [5.41, 5.74) is 0. The molecule has 0 fully saturated rings. The van der Waals surface area contributed by atoms with E-state index in [9.17, 15) is 0 Å². The highest BCUT2D eigenvalue weighted by Gasteiger charge is 1.92. The first kappa shape index (κ1) is 17.1. The Morgan fingerprint density at radius 1 is 0.647 bits per heavy atom. The second kappa shape index (κ2) is 16.1. The normalized spacial score (nSPS) is 11.4. The molecule has 0 atom stereocenters. The van der Waals surface area contributed by atoms with E-state index in [0.717, 1.165) is 5.75 Å². The van der Waals surface area contributed by atoms with Gasteiger partial charge in [-0.15, -0.1) is 0 Å². The molecule has 0 bridgehead atoms. The maximum absolute atomic E-state index is 4.93. The van der Waals surface area contributed by atoms with E-state index in [1.54, 1.807) is 0 Å². The van der Waals surface area contributed by atoms with Crippen LogP contribution >= 0.6 is 12.6 Å². The number of hydrogen-bond acceptors (Lipinski definition) is 0. The lowest BCUT2D eigenvalue weighted by molar-refractivity contribution is 0.551. The quantitative estimate of drug-likeness (QED) is 0.262. The van der Waals surface area contributed by atoms with Crippen LogP contribution in [0.15, 0.2) is 12.2 Å². The summed E-state index contributed by atoms with van der Waals surface area (Å²) in [5.74, 6) is 0.952. The molecule has 0 amide bonds. The maximum atomic E-state index is 4.93. The van der Waals surface area contributed by atoms with E-state index >= 15 is 0 Å². The Bertz CT molecular complexity index is 152. The lowest BCUT2D eigenvalue weighted by Gasteiger charge is -2.01. The molecule has 0 aromatic carbocycles. The second-order valence-electron chi connectivity index (χ2n) is 4.95. The molecule has 0 heterocycles. The second-order valence-corrected chi connectivity index (χ2v) is 5.36. The number of unbranched alkanes of at least 4 members (excludes halogenated alkanes) is 11. The standard InChI is InChI=1S/C16H31S/c1-2-3-4-5-6-7-8-9-10-11-12-13-14-15-16-17/h2-3H,4-16H2,1H3. The summed E-state index contributed by atoms with van der Waals surface area (Å²) in [6.45, 7) is 2.11. The highest BCUT2D eigenvalue weighted by atomic mass is 32.1. The molecule has 0 unspecified atom stereocenters. The highest BCUT2D eigenvalue weighted by Crippen LogP contribution is 2.12. The molecule has 0 aliphatic rings. The fourth-order valence-corrected chi connectivity index (χ4v) is 2.33. The molecule has 0 aliphatic heterocycles. The summed E-state index contributed by atoms with van der Waals surface area (Å²) in [6, 6.07) is 0. The van der Waals surface area contributed by atoms with Gasteiger partial charge < -0.3 is 0 Å². The molecule has 1 radical (unpaired) electrons. The summed E-state index contributed by atoms with van der Waals surface area (Å²) >= 11 is 4.93. The van der Waals surface area contributed by atoms with Crippen molar-refractivity contribution in [1.82, 2.24) is 0 Å². The van der Waals surface area contributed by atoms with E-state index in [2.05, 4.69) is 19.1 Å². The molecule has 17 heavy (non-hydrogen) atoms. The first-order valence-corrected chi connectivity index (χ1v) is 8.18. The summed E-state index contributed by atoms with van der Waals surface area (Å²) in [4.78, 5) is 0. The molecule has 0 rings (SSSR count). The number of hydrogen-bond donors (Lipinski definition) is 0. The van der Waals surface area contributed by atoms with Crippen molar-refractivity contribution in [3.05, 3.63) is 12.2 Å². The van der Waals surface area contributed by atoms with Gasteiger partial charge in [0.1, 0.15) is 0 Å². The predicted octanol–water partition coefficient (Wildman–Crippen LogP) is 6.44. The Kier molecular flexibility index (Phi) is 16.2. The van der Waals surface area contributed by atoms with E-state index in [1.165, 1.54) is 77.0 Å². The molecule has 0 nitrogen and oxygen atoms in total. The Morgan fingerprint density at radius 2 is 1.06 bits per heavy atom. The fourth-order valence-electron chi connectivity index (χ4n) is 2.12. The zero-order chi connectivity index (χ0) is 12.6. The third-order valence-electron chi connectivity index (χ3n) is 3.25. The molecular formula is C16H31S. The molecule has 0 aromatic rings. The molecular weight excluding hydrogens is 224 g/mol. The van der Waals surface area contributed by atoms with Gasteiger partial charge >= 0.3 is 0 Å². The van der Waals surface area contributed by atoms with Crippen LogP contribution in [0.25, 0.3) is 0 Å². The van der Waals surface area contributed by atoms with Gasteiger partial charge in [0.2, 0.25) is 0 Å². The van der Waals surface area contributed by atoms with Crippen LogP contribution < -0.4 is 0 Å². The van der Waals surface area contributed by atoms with Crippen molar-refractivity contribution >= 4 is 12.6 Å². The van der Waals surface area contributed by atoms with Crippen molar-refractivity contribution in [1.29, 1.82) is 0 Å². The monoisotopic (exact) mass is 255 g/mol. The van der Waals surface area contributed by atoms with Crippen molar-refractivity contribution in [2.75, 3.05) is 5.75 Å². The van der Waals surface area contributed by atoms with Crippen molar-refractivity contribution < 1.29 is 0 Å². The van der Waals surface area contributed by atoms with Gasteiger partial charge in [-0.25, -0.2) is 0 Å². The van der Waals surface area contributed by atoms with E-state index in [1.807, 2.05) is 0 Å². The van der Waals surface area contributed by atoms with Gasteiger partial charge in [-0.2, -0.15) is 0 Å². The minimum Gasteiger partial charge on any atom is -0.0942 e. The first-order chi connectivity index (χ1) is 8.41. The van der Waals surface area contributed by atoms with Crippen LogP contribution in [0.2, 0.25) is 0 Å². The average molecular weight is 255 g/mol. The van der Waals surface area contributed by atoms with Crippen LogP contribution in [0.1, 0.15) is 84.0 Å². The molecule has 0 aromatic heterocycles. The van der Waals surface area contributed by atoms with Crippen LogP contribution in [-0.4, -0.2) is 5.75 Å². The Labute approximate surface area is 115 Å². The third kappa shape index (κ3) is 16.1. The SMILES string of the molecule is CC=CCCCCCCCCCCCCC[S]. The lowest BCUT2D eigenvalue weighted by Crippen LogP contribution is -1.83. The molecule has 0 aliphatic carbocycles. The largest absolute Gasteiger partial charge is 0.0942 e. The summed E-state index contributed by atoms with van der Waals surface area (Å²) in [5, 5.41) is 0. The predicted molar refractivity (Wildman–Crippen MR) is 82.7 cm³/mol. The zero-order valence-corrected chi connectivity index (χ0v) is 12.6. The average Bonchev–Trinajstić information content (AvgIpc) is 2.35. The van der Waals surface area contributed by atoms with Gasteiger partial charge in [0.25, 0.3) is 0 Å². The van der Waals surface area contributed by atoms with Crippen LogP contribution in [-0.2, 0) is 0 Å². The van der Waals surface area contributed by atoms with Gasteiger partial charge in [0, 0.05) is 5.75 Å². The number of rotatable bonds is 13. The third-order valence-corrected chi connectivity index (χ3v) is 3.54. The van der Waals surface area contributed by atoms with Crippen LogP contribution in [0.3, 0.4) is 0 Å². The molecule has 0 spiro atoms. The topological polar surface area (TPSA) is 0 Å². The minimum atomic E-state index is 0.952. The molecule has 1 heteroatoms. The van der Waals surface area contributed by atoms with Crippen molar-refractivity contribution in [2.24, 2.45) is 0 Å². The highest BCUT2D eigenvalue weighted by molar-refractivity contribution is 7.80. The molecule has 0 N–H and O–H groups in total. The minimum absolute atomic E-state index is 0.952. The van der Waals surface area contributed by atoms with Gasteiger partial charge in [-0.05, 0) is 26.2 Å². The van der Waals surface area contributed by atoms with Crippen molar-refractivity contribution in [3.8, 4) is 0 Å². The molecule has 0 saturated heterocycles. The van der Waals surface area contributed by atoms with E-state index in [0.29, 0.717) is 0 Å². The zero-order valence-electron chi connectivity index (χ0n) is 11.8. The fraction of sp³-hybridized carbons (Fsp3) is 0.875. The van der Waals surface area contributed by atoms with Gasteiger partial charge in [0.15, 0.2) is 0 Å². The van der Waals surface area contributed by atoms with Gasteiger partial charge in [-0.3, -0.25) is 0 Å². The maximum Gasteiger partial charge on any atom is 0.00369 e. The van der Waals surface area contributed by atoms with Crippen LogP contribution in [0, 0.1) is 0 Å². The van der Waals surface area contributed by atoms with Crippen molar-refractivity contribution in [3.63, 3.8) is 0 Å². The lowest BCUT2D eigenvalue weighted by atomic mass is 10.1. The molecule has 101 valence electrons. The Morgan fingerprint density at radius 3 is 1.47 bits per heavy atom. The first-order valence-electron chi connectivity index (χ1n) is 7.61. The van der Waals surface area contributed by atoms with E-state index in [4.69, 9.17) is 12.6 Å². The Hall–Kier alpha value is 0.0900. The van der Waals surface area contributed by atoms with Crippen molar-refractivity contribution in [2.45, 2.75) is 84.0 Å².